The molecule has 0 aliphatic heterocycles. The Balaban J connectivity index is 2.91. The van der Waals surface area contributed by atoms with E-state index in [1.165, 1.54) is 12.8 Å². The first kappa shape index (κ1) is 16.7. The van der Waals surface area contributed by atoms with Gasteiger partial charge in [-0.15, -0.1) is 0 Å². The normalized spacial score (nSPS) is 10.9. The van der Waals surface area contributed by atoms with Crippen LogP contribution in [0.2, 0.25) is 0 Å². The van der Waals surface area contributed by atoms with Gasteiger partial charge in [-0.1, -0.05) is 33.6 Å². The van der Waals surface area contributed by atoms with Crippen molar-refractivity contribution in [1.29, 1.82) is 0 Å². The average molecular weight is 278 g/mol. The second-order valence-electron chi connectivity index (χ2n) is 5.31. The molecule has 0 saturated carbocycles. The fraction of sp³-hybridized carbons (Fsp3) is 0.750. The second-order valence-corrected chi connectivity index (χ2v) is 5.31. The van der Waals surface area contributed by atoms with Crippen molar-refractivity contribution in [2.24, 2.45) is 5.92 Å². The molecular formula is C16H30N4. The van der Waals surface area contributed by atoms with Gasteiger partial charge in [0.25, 0.3) is 0 Å². The Labute approximate surface area is 123 Å². The molecule has 0 aromatic carbocycles. The van der Waals surface area contributed by atoms with Gasteiger partial charge in [0.1, 0.15) is 17.5 Å². The van der Waals surface area contributed by atoms with E-state index in [4.69, 9.17) is 0 Å². The lowest BCUT2D eigenvalue weighted by Crippen LogP contribution is -2.16. The van der Waals surface area contributed by atoms with Crippen molar-refractivity contribution in [3.8, 4) is 0 Å². The summed E-state index contributed by atoms with van der Waals surface area (Å²) in [6.45, 7) is 12.7. The molecule has 0 fully saturated rings. The van der Waals surface area contributed by atoms with Gasteiger partial charge >= 0.3 is 0 Å². The molecule has 0 saturated heterocycles. The highest BCUT2D eigenvalue weighted by Gasteiger charge is 2.11. The van der Waals surface area contributed by atoms with Crippen LogP contribution in [0.15, 0.2) is 0 Å². The van der Waals surface area contributed by atoms with Gasteiger partial charge in [-0.3, -0.25) is 0 Å². The molecule has 1 rings (SSSR count). The smallest absolute Gasteiger partial charge is 0.134 e. The van der Waals surface area contributed by atoms with Crippen LogP contribution in [0.5, 0.6) is 0 Å². The summed E-state index contributed by atoms with van der Waals surface area (Å²) in [6.07, 6.45) is 4.41. The Hall–Kier alpha value is -1.32. The lowest BCUT2D eigenvalue weighted by molar-refractivity contribution is 0.518. The molecule has 4 nitrogen and oxygen atoms in total. The molecule has 0 aliphatic rings. The molecule has 1 aromatic heterocycles. The highest BCUT2D eigenvalue weighted by Crippen LogP contribution is 2.21. The summed E-state index contributed by atoms with van der Waals surface area (Å²) in [7, 11) is 0. The Kier molecular flexibility index (Phi) is 7.34. The van der Waals surface area contributed by atoms with Crippen molar-refractivity contribution in [1.82, 2.24) is 9.97 Å². The molecule has 0 amide bonds. The maximum atomic E-state index is 4.68. The molecule has 1 heterocycles. The summed E-state index contributed by atoms with van der Waals surface area (Å²) in [6, 6.07) is 0. The molecule has 0 spiro atoms. The monoisotopic (exact) mass is 278 g/mol. The van der Waals surface area contributed by atoms with Crippen molar-refractivity contribution >= 4 is 11.6 Å². The van der Waals surface area contributed by atoms with Gasteiger partial charge in [-0.25, -0.2) is 9.97 Å². The predicted octanol–water partition coefficient (Wildman–Crippen LogP) is 4.02. The molecule has 0 radical (unpaired) electrons. The zero-order chi connectivity index (χ0) is 15.0. The molecule has 0 bridgehead atoms. The van der Waals surface area contributed by atoms with Gasteiger partial charge in [0, 0.05) is 25.1 Å². The largest absolute Gasteiger partial charge is 0.370 e. The summed E-state index contributed by atoms with van der Waals surface area (Å²) >= 11 is 0. The summed E-state index contributed by atoms with van der Waals surface area (Å²) in [5, 5.41) is 6.86. The number of hydrogen-bond acceptors (Lipinski definition) is 4. The van der Waals surface area contributed by atoms with Crippen molar-refractivity contribution < 1.29 is 0 Å². The highest BCUT2D eigenvalue weighted by atomic mass is 15.1. The summed E-state index contributed by atoms with van der Waals surface area (Å²) in [5.41, 5.74) is 1.12. The van der Waals surface area contributed by atoms with Crippen molar-refractivity contribution in [3.63, 3.8) is 0 Å². The van der Waals surface area contributed by atoms with Gasteiger partial charge in [0.15, 0.2) is 0 Å². The van der Waals surface area contributed by atoms with Crippen LogP contribution in [-0.4, -0.2) is 23.1 Å². The number of rotatable bonds is 9. The standard InChI is InChI=1S/C16H30N4/c1-6-10-14-19-15(17-9-4)12(5)16(20-14)18-11-13(7-2)8-3/h13H,6-11H2,1-5H3,(H2,17,18,19,20). The molecular weight excluding hydrogens is 248 g/mol. The van der Waals surface area contributed by atoms with Crippen molar-refractivity contribution in [2.75, 3.05) is 23.7 Å². The van der Waals surface area contributed by atoms with E-state index in [2.05, 4.69) is 55.2 Å². The Morgan fingerprint density at radius 1 is 0.950 bits per heavy atom. The van der Waals surface area contributed by atoms with Crippen LogP contribution < -0.4 is 10.6 Å². The second kappa shape index (κ2) is 8.77. The average Bonchev–Trinajstić information content (AvgIpc) is 2.45. The maximum absolute atomic E-state index is 4.68. The van der Waals surface area contributed by atoms with Gasteiger partial charge in [0.2, 0.25) is 0 Å². The first-order valence-electron chi connectivity index (χ1n) is 8.01. The fourth-order valence-electron chi connectivity index (χ4n) is 2.23. The van der Waals surface area contributed by atoms with Crippen LogP contribution in [0.4, 0.5) is 11.6 Å². The molecule has 0 aliphatic carbocycles. The van der Waals surface area contributed by atoms with Crippen LogP contribution in [0, 0.1) is 12.8 Å². The van der Waals surface area contributed by atoms with E-state index in [1.54, 1.807) is 0 Å². The van der Waals surface area contributed by atoms with Crippen LogP contribution in [0.1, 0.15) is 58.3 Å². The SMILES string of the molecule is CCCc1nc(NCC)c(C)c(NCC(CC)CC)n1. The number of nitrogens with one attached hydrogen (secondary N) is 2. The van der Waals surface area contributed by atoms with E-state index in [-0.39, 0.29) is 0 Å². The number of aromatic nitrogens is 2. The third-order valence-electron chi connectivity index (χ3n) is 3.72. The summed E-state index contributed by atoms with van der Waals surface area (Å²) in [4.78, 5) is 9.30. The number of aryl methyl sites for hydroxylation is 1. The molecule has 0 atom stereocenters. The first-order chi connectivity index (χ1) is 9.65. The van der Waals surface area contributed by atoms with Crippen LogP contribution in [0.25, 0.3) is 0 Å². The fourth-order valence-corrected chi connectivity index (χ4v) is 2.23. The van der Waals surface area contributed by atoms with Gasteiger partial charge in [0.05, 0.1) is 0 Å². The summed E-state index contributed by atoms with van der Waals surface area (Å²) in [5.74, 6) is 3.60. The van der Waals surface area contributed by atoms with Gasteiger partial charge in [-0.05, 0) is 26.2 Å². The van der Waals surface area contributed by atoms with E-state index in [0.29, 0.717) is 5.92 Å². The zero-order valence-electron chi connectivity index (χ0n) is 13.7. The Bertz CT molecular complexity index is 400. The molecule has 2 N–H and O–H groups in total. The minimum Gasteiger partial charge on any atom is -0.370 e. The lowest BCUT2D eigenvalue weighted by Gasteiger charge is -2.17. The Morgan fingerprint density at radius 2 is 1.55 bits per heavy atom. The van der Waals surface area contributed by atoms with Crippen LogP contribution in [0.3, 0.4) is 0 Å². The van der Waals surface area contributed by atoms with E-state index in [0.717, 1.165) is 49.0 Å². The van der Waals surface area contributed by atoms with E-state index < -0.39 is 0 Å². The molecule has 0 unspecified atom stereocenters. The molecule has 4 heteroatoms. The lowest BCUT2D eigenvalue weighted by atomic mass is 10.0. The van der Waals surface area contributed by atoms with Crippen molar-refractivity contribution in [2.45, 2.75) is 60.3 Å². The Morgan fingerprint density at radius 3 is 2.05 bits per heavy atom. The van der Waals surface area contributed by atoms with Crippen molar-refractivity contribution in [3.05, 3.63) is 11.4 Å². The van der Waals surface area contributed by atoms with E-state index in [1.807, 2.05) is 0 Å². The van der Waals surface area contributed by atoms with Crippen LogP contribution >= 0.6 is 0 Å². The predicted molar refractivity (Wildman–Crippen MR) is 87.5 cm³/mol. The number of hydrogen-bond donors (Lipinski definition) is 2. The number of nitrogens with zero attached hydrogens (tertiary/aromatic N) is 2. The first-order valence-corrected chi connectivity index (χ1v) is 8.01. The molecule has 20 heavy (non-hydrogen) atoms. The third-order valence-corrected chi connectivity index (χ3v) is 3.72. The quantitative estimate of drug-likeness (QED) is 0.716. The minimum atomic E-state index is 0.710. The highest BCUT2D eigenvalue weighted by molar-refractivity contribution is 5.57. The maximum Gasteiger partial charge on any atom is 0.134 e. The van der Waals surface area contributed by atoms with E-state index in [9.17, 15) is 0 Å². The van der Waals surface area contributed by atoms with Crippen LogP contribution in [-0.2, 0) is 6.42 Å². The molecule has 1 aromatic rings. The minimum absolute atomic E-state index is 0.710. The zero-order valence-corrected chi connectivity index (χ0v) is 13.7. The third kappa shape index (κ3) is 4.66. The summed E-state index contributed by atoms with van der Waals surface area (Å²) < 4.78 is 0. The van der Waals surface area contributed by atoms with E-state index >= 15 is 0 Å². The van der Waals surface area contributed by atoms with Gasteiger partial charge < -0.3 is 10.6 Å². The topological polar surface area (TPSA) is 49.8 Å². The number of anilines is 2. The molecule has 114 valence electrons. The van der Waals surface area contributed by atoms with Gasteiger partial charge in [-0.2, -0.15) is 0 Å².